The largest absolute Gasteiger partial charge is 0.303 e. The van der Waals surface area contributed by atoms with Crippen molar-refractivity contribution in [1.29, 1.82) is 0 Å². The minimum Gasteiger partial charge on any atom is -0.303 e. The van der Waals surface area contributed by atoms with Crippen LogP contribution in [-0.4, -0.2) is 29.5 Å². The quantitative estimate of drug-likeness (QED) is 0.467. The van der Waals surface area contributed by atoms with Crippen LogP contribution in [-0.2, 0) is 6.42 Å². The van der Waals surface area contributed by atoms with E-state index in [1.165, 1.54) is 44.1 Å². The zero-order valence-electron chi connectivity index (χ0n) is 12.3. The highest BCUT2D eigenvalue weighted by Gasteiger charge is 2.16. The molecule has 0 aromatic heterocycles. The number of nitro benzene ring substituents is 1. The first-order valence-corrected chi connectivity index (χ1v) is 7.60. The van der Waals surface area contributed by atoms with Crippen LogP contribution < -0.4 is 0 Å². The normalized spacial score (nSPS) is 17.1. The van der Waals surface area contributed by atoms with Crippen LogP contribution in [0.3, 0.4) is 0 Å². The minimum atomic E-state index is -0.346. The van der Waals surface area contributed by atoms with Gasteiger partial charge in [0.25, 0.3) is 5.69 Å². The van der Waals surface area contributed by atoms with E-state index in [9.17, 15) is 10.1 Å². The van der Waals surface area contributed by atoms with Gasteiger partial charge in [-0.25, -0.2) is 0 Å². The molecule has 0 saturated heterocycles. The summed E-state index contributed by atoms with van der Waals surface area (Å²) >= 11 is 0. The van der Waals surface area contributed by atoms with E-state index in [2.05, 4.69) is 11.9 Å². The van der Waals surface area contributed by atoms with Gasteiger partial charge in [0, 0.05) is 24.7 Å². The van der Waals surface area contributed by atoms with Crippen LogP contribution in [0.25, 0.3) is 0 Å². The number of rotatable bonds is 5. The molecule has 110 valence electrons. The van der Waals surface area contributed by atoms with Gasteiger partial charge in [-0.15, -0.1) is 0 Å². The predicted octanol–water partition coefficient (Wildman–Crippen LogP) is 3.79. The van der Waals surface area contributed by atoms with Crippen LogP contribution in [0.4, 0.5) is 5.69 Å². The zero-order chi connectivity index (χ0) is 14.4. The van der Waals surface area contributed by atoms with Crippen molar-refractivity contribution in [3.63, 3.8) is 0 Å². The van der Waals surface area contributed by atoms with Gasteiger partial charge in [-0.2, -0.15) is 0 Å². The summed E-state index contributed by atoms with van der Waals surface area (Å²) in [4.78, 5) is 12.7. The van der Waals surface area contributed by atoms with Crippen LogP contribution in [0, 0.1) is 10.1 Å². The van der Waals surface area contributed by atoms with E-state index in [0.29, 0.717) is 0 Å². The average Bonchev–Trinajstić information content (AvgIpc) is 2.74. The standard InChI is InChI=1S/C16H24N2O2/c1-17(15-6-4-2-3-5-7-15)13-12-14-8-10-16(11-9-14)18(19)20/h8-11,15H,2-7,12-13H2,1H3. The van der Waals surface area contributed by atoms with Crippen molar-refractivity contribution in [1.82, 2.24) is 4.90 Å². The molecule has 0 unspecified atom stereocenters. The molecular formula is C16H24N2O2. The van der Waals surface area contributed by atoms with E-state index in [-0.39, 0.29) is 10.6 Å². The van der Waals surface area contributed by atoms with E-state index >= 15 is 0 Å². The van der Waals surface area contributed by atoms with E-state index in [1.807, 2.05) is 12.1 Å². The van der Waals surface area contributed by atoms with Gasteiger partial charge in [-0.1, -0.05) is 37.8 Å². The van der Waals surface area contributed by atoms with Gasteiger partial charge in [0.2, 0.25) is 0 Å². The van der Waals surface area contributed by atoms with Crippen molar-refractivity contribution in [3.8, 4) is 0 Å². The molecule has 1 aliphatic rings. The smallest absolute Gasteiger partial charge is 0.269 e. The fourth-order valence-corrected chi connectivity index (χ4v) is 2.97. The maximum absolute atomic E-state index is 10.6. The summed E-state index contributed by atoms with van der Waals surface area (Å²) in [6.07, 6.45) is 9.07. The van der Waals surface area contributed by atoms with Crippen LogP contribution in [0.15, 0.2) is 24.3 Å². The lowest BCUT2D eigenvalue weighted by Crippen LogP contribution is -2.32. The van der Waals surface area contributed by atoms with E-state index in [1.54, 1.807) is 12.1 Å². The molecule has 1 aromatic rings. The van der Waals surface area contributed by atoms with Crippen molar-refractivity contribution >= 4 is 5.69 Å². The van der Waals surface area contributed by atoms with Crippen LogP contribution in [0.5, 0.6) is 0 Å². The summed E-state index contributed by atoms with van der Waals surface area (Å²) in [6.45, 7) is 1.03. The van der Waals surface area contributed by atoms with Crippen molar-refractivity contribution in [3.05, 3.63) is 39.9 Å². The Bertz CT molecular complexity index is 423. The lowest BCUT2D eigenvalue weighted by Gasteiger charge is -2.27. The number of non-ortho nitro benzene ring substituents is 1. The highest BCUT2D eigenvalue weighted by Crippen LogP contribution is 2.21. The molecule has 0 N–H and O–H groups in total. The lowest BCUT2D eigenvalue weighted by molar-refractivity contribution is -0.384. The highest BCUT2D eigenvalue weighted by atomic mass is 16.6. The van der Waals surface area contributed by atoms with Gasteiger partial charge in [-0.05, 0) is 31.9 Å². The number of nitrogens with zero attached hydrogens (tertiary/aromatic N) is 2. The topological polar surface area (TPSA) is 46.4 Å². The Morgan fingerprint density at radius 3 is 2.30 bits per heavy atom. The minimum absolute atomic E-state index is 0.172. The Morgan fingerprint density at radius 2 is 1.75 bits per heavy atom. The van der Waals surface area contributed by atoms with Gasteiger partial charge in [0.1, 0.15) is 0 Å². The van der Waals surface area contributed by atoms with Crippen molar-refractivity contribution in [2.75, 3.05) is 13.6 Å². The second-order valence-corrected chi connectivity index (χ2v) is 5.80. The number of benzene rings is 1. The van der Waals surface area contributed by atoms with Crippen molar-refractivity contribution in [2.45, 2.75) is 51.0 Å². The van der Waals surface area contributed by atoms with Crippen molar-refractivity contribution < 1.29 is 4.92 Å². The van der Waals surface area contributed by atoms with Crippen LogP contribution >= 0.6 is 0 Å². The van der Waals surface area contributed by atoms with Gasteiger partial charge >= 0.3 is 0 Å². The van der Waals surface area contributed by atoms with Gasteiger partial charge in [0.15, 0.2) is 0 Å². The number of nitro groups is 1. The number of likely N-dealkylation sites (N-methyl/N-ethyl adjacent to an activating group) is 1. The SMILES string of the molecule is CN(CCc1ccc([N+](=O)[O-])cc1)C1CCCCCC1. The molecule has 1 aromatic carbocycles. The van der Waals surface area contributed by atoms with E-state index in [4.69, 9.17) is 0 Å². The predicted molar refractivity (Wildman–Crippen MR) is 80.9 cm³/mol. The van der Waals surface area contributed by atoms with E-state index < -0.39 is 0 Å². The van der Waals surface area contributed by atoms with Crippen molar-refractivity contribution in [2.24, 2.45) is 0 Å². The molecule has 4 heteroatoms. The third-order valence-corrected chi connectivity index (χ3v) is 4.35. The second kappa shape index (κ2) is 7.39. The monoisotopic (exact) mass is 276 g/mol. The summed E-state index contributed by atoms with van der Waals surface area (Å²) in [5.41, 5.74) is 1.35. The van der Waals surface area contributed by atoms with E-state index in [0.717, 1.165) is 19.0 Å². The molecule has 1 aliphatic carbocycles. The Balaban J connectivity index is 1.82. The first-order chi connectivity index (χ1) is 9.66. The molecule has 0 aliphatic heterocycles. The molecule has 0 spiro atoms. The van der Waals surface area contributed by atoms with Crippen LogP contribution in [0.1, 0.15) is 44.1 Å². The lowest BCUT2D eigenvalue weighted by atomic mass is 10.1. The van der Waals surface area contributed by atoms with Crippen LogP contribution in [0.2, 0.25) is 0 Å². The highest BCUT2D eigenvalue weighted by molar-refractivity contribution is 5.32. The third-order valence-electron chi connectivity index (χ3n) is 4.35. The summed E-state index contributed by atoms with van der Waals surface area (Å²) in [6, 6.07) is 7.66. The molecule has 2 rings (SSSR count). The number of hydrogen-bond acceptors (Lipinski definition) is 3. The summed E-state index contributed by atoms with van der Waals surface area (Å²) in [7, 11) is 2.21. The molecule has 0 bridgehead atoms. The molecular weight excluding hydrogens is 252 g/mol. The van der Waals surface area contributed by atoms with Gasteiger partial charge in [-0.3, -0.25) is 10.1 Å². The molecule has 20 heavy (non-hydrogen) atoms. The Labute approximate surface area is 120 Å². The molecule has 0 radical (unpaired) electrons. The van der Waals surface area contributed by atoms with Gasteiger partial charge < -0.3 is 4.90 Å². The third kappa shape index (κ3) is 4.30. The zero-order valence-corrected chi connectivity index (χ0v) is 12.3. The summed E-state index contributed by atoms with van der Waals surface area (Å²) in [5.74, 6) is 0. The molecule has 0 amide bonds. The first kappa shape index (κ1) is 15.0. The maximum atomic E-state index is 10.6. The fraction of sp³-hybridized carbons (Fsp3) is 0.625. The molecule has 0 atom stereocenters. The Kier molecular flexibility index (Phi) is 5.53. The number of hydrogen-bond donors (Lipinski definition) is 0. The average molecular weight is 276 g/mol. The Morgan fingerprint density at radius 1 is 1.15 bits per heavy atom. The van der Waals surface area contributed by atoms with Gasteiger partial charge in [0.05, 0.1) is 4.92 Å². The fourth-order valence-electron chi connectivity index (χ4n) is 2.97. The second-order valence-electron chi connectivity index (χ2n) is 5.80. The maximum Gasteiger partial charge on any atom is 0.269 e. The summed E-state index contributed by atoms with van der Waals surface area (Å²) in [5, 5.41) is 10.6. The first-order valence-electron chi connectivity index (χ1n) is 7.60. The summed E-state index contributed by atoms with van der Waals surface area (Å²) < 4.78 is 0. The molecule has 1 fully saturated rings. The molecule has 4 nitrogen and oxygen atoms in total. The molecule has 0 heterocycles. The molecule has 1 saturated carbocycles. The Hall–Kier alpha value is -1.42.